The third-order valence-corrected chi connectivity index (χ3v) is 3.01. The van der Waals surface area contributed by atoms with Crippen molar-refractivity contribution in [1.82, 2.24) is 0 Å². The summed E-state index contributed by atoms with van der Waals surface area (Å²) in [7, 11) is 0. The van der Waals surface area contributed by atoms with Crippen LogP contribution in [0.5, 0.6) is 5.75 Å². The van der Waals surface area contributed by atoms with Crippen LogP contribution in [0.4, 0.5) is 5.69 Å². The number of phenols is 1. The van der Waals surface area contributed by atoms with Gasteiger partial charge in [-0.2, -0.15) is 0 Å². The van der Waals surface area contributed by atoms with E-state index in [0.29, 0.717) is 22.4 Å². The molecule has 5 N–H and O–H groups in total. The summed E-state index contributed by atoms with van der Waals surface area (Å²) in [5.41, 5.74) is 7.67. The van der Waals surface area contributed by atoms with Crippen LogP contribution >= 0.6 is 0 Å². The monoisotopic (exact) mass is 285 g/mol. The van der Waals surface area contributed by atoms with E-state index in [4.69, 9.17) is 10.9 Å². The molecule has 108 valence electrons. The van der Waals surface area contributed by atoms with Gasteiger partial charge in [-0.3, -0.25) is 4.79 Å². The van der Waals surface area contributed by atoms with Crippen molar-refractivity contribution in [2.45, 2.75) is 6.92 Å². The maximum atomic E-state index is 12.1. The number of oxime groups is 1. The molecule has 0 spiro atoms. The number of phenolic OH excluding ortho intramolecular Hbond substituents is 1. The number of hydrogen-bond donors (Lipinski definition) is 4. The van der Waals surface area contributed by atoms with Crippen LogP contribution in [0, 0.1) is 6.92 Å². The second-order valence-electron chi connectivity index (χ2n) is 4.52. The SMILES string of the molecule is Cc1cc(C(=O)Nc2ccc(/C(N)=N/O)cc2)ccc1O. The molecule has 2 rings (SSSR count). The van der Waals surface area contributed by atoms with Gasteiger partial charge >= 0.3 is 0 Å². The third kappa shape index (κ3) is 3.30. The minimum Gasteiger partial charge on any atom is -0.508 e. The Balaban J connectivity index is 2.14. The zero-order valence-electron chi connectivity index (χ0n) is 11.4. The number of aryl methyl sites for hydroxylation is 1. The van der Waals surface area contributed by atoms with Gasteiger partial charge in [0.2, 0.25) is 0 Å². The van der Waals surface area contributed by atoms with E-state index in [2.05, 4.69) is 10.5 Å². The lowest BCUT2D eigenvalue weighted by atomic mass is 10.1. The molecule has 21 heavy (non-hydrogen) atoms. The molecule has 0 unspecified atom stereocenters. The molecule has 0 saturated heterocycles. The number of carbonyl (C=O) groups excluding carboxylic acids is 1. The van der Waals surface area contributed by atoms with Crippen molar-refractivity contribution < 1.29 is 15.1 Å². The Labute approximate surface area is 121 Å². The molecule has 0 fully saturated rings. The van der Waals surface area contributed by atoms with Gasteiger partial charge in [0.25, 0.3) is 5.91 Å². The predicted molar refractivity (Wildman–Crippen MR) is 79.7 cm³/mol. The van der Waals surface area contributed by atoms with Gasteiger partial charge in [-0.25, -0.2) is 0 Å². The number of nitrogens with zero attached hydrogens (tertiary/aromatic N) is 1. The number of rotatable bonds is 3. The van der Waals surface area contributed by atoms with Crippen molar-refractivity contribution >= 4 is 17.4 Å². The van der Waals surface area contributed by atoms with Gasteiger partial charge in [-0.1, -0.05) is 5.16 Å². The first-order valence-corrected chi connectivity index (χ1v) is 6.20. The second-order valence-corrected chi connectivity index (χ2v) is 4.52. The highest BCUT2D eigenvalue weighted by Crippen LogP contribution is 2.18. The Bertz CT molecular complexity index is 694. The van der Waals surface area contributed by atoms with E-state index >= 15 is 0 Å². The molecule has 0 heterocycles. The normalized spacial score (nSPS) is 11.2. The van der Waals surface area contributed by atoms with Crippen molar-refractivity contribution in [3.8, 4) is 5.75 Å². The van der Waals surface area contributed by atoms with Crippen molar-refractivity contribution in [3.05, 3.63) is 59.2 Å². The fraction of sp³-hybridized carbons (Fsp3) is 0.0667. The summed E-state index contributed by atoms with van der Waals surface area (Å²) >= 11 is 0. The summed E-state index contributed by atoms with van der Waals surface area (Å²) < 4.78 is 0. The van der Waals surface area contributed by atoms with E-state index in [1.54, 1.807) is 43.3 Å². The number of benzene rings is 2. The van der Waals surface area contributed by atoms with Crippen LogP contribution in [-0.2, 0) is 0 Å². The standard InChI is InChI=1S/C15H15N3O3/c1-9-8-11(4-7-13(9)19)15(20)17-12-5-2-10(3-6-12)14(16)18-21/h2-8,19,21H,1H3,(H2,16,18)(H,17,20). The van der Waals surface area contributed by atoms with Crippen LogP contribution in [0.1, 0.15) is 21.5 Å². The summed E-state index contributed by atoms with van der Waals surface area (Å²) in [6.45, 7) is 1.72. The molecule has 0 aliphatic heterocycles. The number of carbonyl (C=O) groups is 1. The highest BCUT2D eigenvalue weighted by molar-refractivity contribution is 6.05. The highest BCUT2D eigenvalue weighted by atomic mass is 16.4. The number of amidine groups is 1. The first-order chi connectivity index (χ1) is 10.0. The molecule has 6 heteroatoms. The number of nitrogens with one attached hydrogen (secondary N) is 1. The molecule has 0 atom stereocenters. The molecule has 0 aliphatic carbocycles. The zero-order chi connectivity index (χ0) is 15.4. The van der Waals surface area contributed by atoms with Crippen LogP contribution in [0.15, 0.2) is 47.6 Å². The van der Waals surface area contributed by atoms with Gasteiger partial charge in [-0.05, 0) is 55.0 Å². The van der Waals surface area contributed by atoms with E-state index in [9.17, 15) is 9.90 Å². The molecule has 1 amide bonds. The van der Waals surface area contributed by atoms with E-state index in [-0.39, 0.29) is 17.5 Å². The van der Waals surface area contributed by atoms with E-state index in [1.165, 1.54) is 6.07 Å². The molecule has 0 saturated carbocycles. The first-order valence-electron chi connectivity index (χ1n) is 6.20. The Morgan fingerprint density at radius 2 is 1.76 bits per heavy atom. The van der Waals surface area contributed by atoms with E-state index < -0.39 is 0 Å². The van der Waals surface area contributed by atoms with Gasteiger partial charge in [0.1, 0.15) is 5.75 Å². The number of aromatic hydroxyl groups is 1. The largest absolute Gasteiger partial charge is 0.508 e. The van der Waals surface area contributed by atoms with Crippen LogP contribution in [0.2, 0.25) is 0 Å². The fourth-order valence-corrected chi connectivity index (χ4v) is 1.78. The smallest absolute Gasteiger partial charge is 0.255 e. The summed E-state index contributed by atoms with van der Waals surface area (Å²) in [6.07, 6.45) is 0. The topological polar surface area (TPSA) is 108 Å². The third-order valence-electron chi connectivity index (χ3n) is 3.01. The van der Waals surface area contributed by atoms with Crippen molar-refractivity contribution in [3.63, 3.8) is 0 Å². The van der Waals surface area contributed by atoms with Crippen LogP contribution < -0.4 is 11.1 Å². The van der Waals surface area contributed by atoms with Gasteiger partial charge < -0.3 is 21.4 Å². The molecule has 2 aromatic carbocycles. The summed E-state index contributed by atoms with van der Waals surface area (Å²) in [5.74, 6) is -0.133. The second kappa shape index (κ2) is 5.96. The lowest BCUT2D eigenvalue weighted by Gasteiger charge is -2.07. The molecule has 0 bridgehead atoms. The predicted octanol–water partition coefficient (Wildman–Crippen LogP) is 2.05. The quantitative estimate of drug-likeness (QED) is 0.299. The van der Waals surface area contributed by atoms with Crippen LogP contribution in [-0.4, -0.2) is 22.1 Å². The lowest BCUT2D eigenvalue weighted by molar-refractivity contribution is 0.102. The summed E-state index contributed by atoms with van der Waals surface area (Å²) in [4.78, 5) is 12.1. The summed E-state index contributed by atoms with van der Waals surface area (Å²) in [6, 6.07) is 11.2. The average Bonchev–Trinajstić information content (AvgIpc) is 2.50. The van der Waals surface area contributed by atoms with Crippen molar-refractivity contribution in [2.75, 3.05) is 5.32 Å². The average molecular weight is 285 g/mol. The van der Waals surface area contributed by atoms with Crippen molar-refractivity contribution in [2.24, 2.45) is 10.9 Å². The maximum Gasteiger partial charge on any atom is 0.255 e. The Hall–Kier alpha value is -3.02. The van der Waals surface area contributed by atoms with Crippen molar-refractivity contribution in [1.29, 1.82) is 0 Å². The maximum absolute atomic E-state index is 12.1. The van der Waals surface area contributed by atoms with Gasteiger partial charge in [-0.15, -0.1) is 0 Å². The Morgan fingerprint density at radius 1 is 1.14 bits per heavy atom. The molecule has 2 aromatic rings. The Kier molecular flexibility index (Phi) is 4.08. The zero-order valence-corrected chi connectivity index (χ0v) is 11.4. The molecule has 0 radical (unpaired) electrons. The van der Waals surface area contributed by atoms with Gasteiger partial charge in [0, 0.05) is 16.8 Å². The number of nitrogens with two attached hydrogens (primary N) is 1. The molecule has 0 aliphatic rings. The Morgan fingerprint density at radius 3 is 2.33 bits per heavy atom. The van der Waals surface area contributed by atoms with E-state index in [0.717, 1.165) is 0 Å². The highest BCUT2D eigenvalue weighted by Gasteiger charge is 2.08. The van der Waals surface area contributed by atoms with Crippen LogP contribution in [0.3, 0.4) is 0 Å². The minimum atomic E-state index is -0.283. The van der Waals surface area contributed by atoms with E-state index in [1.807, 2.05) is 0 Å². The number of amides is 1. The lowest BCUT2D eigenvalue weighted by Crippen LogP contribution is -2.14. The molecule has 6 nitrogen and oxygen atoms in total. The van der Waals surface area contributed by atoms with Gasteiger partial charge in [0.05, 0.1) is 0 Å². The molecular formula is C15H15N3O3. The first kappa shape index (κ1) is 14.4. The minimum absolute atomic E-state index is 0.00189. The van der Waals surface area contributed by atoms with Gasteiger partial charge in [0.15, 0.2) is 5.84 Å². The number of anilines is 1. The molecular weight excluding hydrogens is 270 g/mol. The molecule has 0 aromatic heterocycles. The number of hydrogen-bond acceptors (Lipinski definition) is 4. The van der Waals surface area contributed by atoms with Crippen LogP contribution in [0.25, 0.3) is 0 Å². The fourth-order valence-electron chi connectivity index (χ4n) is 1.78. The summed E-state index contributed by atoms with van der Waals surface area (Å²) in [5, 5.41) is 23.6.